The van der Waals surface area contributed by atoms with Gasteiger partial charge in [-0.2, -0.15) is 22.3 Å². The summed E-state index contributed by atoms with van der Waals surface area (Å²) in [6.45, 7) is 4.45. The first-order valence-corrected chi connectivity index (χ1v) is 14.9. The van der Waals surface area contributed by atoms with E-state index in [0.29, 0.717) is 57.3 Å². The number of carbonyl (C=O) groups is 2. The van der Waals surface area contributed by atoms with E-state index in [1.165, 1.54) is 9.75 Å². The minimum atomic E-state index is -0.0952. The van der Waals surface area contributed by atoms with Gasteiger partial charge in [0.05, 0.1) is 11.1 Å². The van der Waals surface area contributed by atoms with Gasteiger partial charge in [0, 0.05) is 34.1 Å². The number of hydrogen-bond acceptors (Lipinski definition) is 7. The van der Waals surface area contributed by atoms with E-state index in [-0.39, 0.29) is 11.8 Å². The highest BCUT2D eigenvalue weighted by Gasteiger charge is 2.26. The van der Waals surface area contributed by atoms with E-state index < -0.39 is 0 Å². The van der Waals surface area contributed by atoms with Crippen LogP contribution in [-0.2, 0) is 35.3 Å². The van der Waals surface area contributed by atoms with Crippen LogP contribution in [0.15, 0.2) is 0 Å². The van der Waals surface area contributed by atoms with Crippen LogP contribution < -0.4 is 10.6 Å². The van der Waals surface area contributed by atoms with E-state index in [9.17, 15) is 20.1 Å². The molecule has 184 valence electrons. The van der Waals surface area contributed by atoms with E-state index in [1.54, 1.807) is 34.4 Å². The lowest BCUT2D eigenvalue weighted by molar-refractivity contribution is -0.116. The van der Waals surface area contributed by atoms with Crippen LogP contribution in [0, 0.1) is 34.5 Å². The molecule has 0 spiro atoms. The quantitative estimate of drug-likeness (QED) is 0.417. The fourth-order valence-corrected chi connectivity index (χ4v) is 8.34. The molecule has 0 radical (unpaired) electrons. The smallest absolute Gasteiger partial charge is 0.225 e. The number of anilines is 2. The summed E-state index contributed by atoms with van der Waals surface area (Å²) in [4.78, 5) is 27.4. The van der Waals surface area contributed by atoms with Crippen LogP contribution in [0.3, 0.4) is 0 Å². The van der Waals surface area contributed by atoms with Crippen molar-refractivity contribution < 1.29 is 9.59 Å². The van der Waals surface area contributed by atoms with Crippen molar-refractivity contribution in [2.45, 2.75) is 65.2 Å². The maximum Gasteiger partial charge on any atom is 0.225 e. The Morgan fingerprint density at radius 3 is 1.69 bits per heavy atom. The molecule has 0 aromatic carbocycles. The number of amides is 2. The van der Waals surface area contributed by atoms with E-state index in [2.05, 4.69) is 36.6 Å². The van der Waals surface area contributed by atoms with Crippen LogP contribution in [0.4, 0.5) is 10.0 Å². The van der Waals surface area contributed by atoms with Crippen molar-refractivity contribution in [1.82, 2.24) is 0 Å². The Labute approximate surface area is 219 Å². The van der Waals surface area contributed by atoms with Gasteiger partial charge in [0.2, 0.25) is 11.8 Å². The van der Waals surface area contributed by atoms with Gasteiger partial charge in [0.1, 0.15) is 22.1 Å². The number of nitriles is 2. The predicted octanol–water partition coefficient (Wildman–Crippen LogP) is 5.89. The molecule has 35 heavy (non-hydrogen) atoms. The van der Waals surface area contributed by atoms with Gasteiger partial charge >= 0.3 is 0 Å². The molecule has 2 atom stereocenters. The maximum absolute atomic E-state index is 12.5. The summed E-state index contributed by atoms with van der Waals surface area (Å²) in [6, 6.07) is 4.57. The number of nitrogens with zero attached hydrogens (tertiary/aromatic N) is 2. The normalized spacial score (nSPS) is 18.6. The summed E-state index contributed by atoms with van der Waals surface area (Å²) in [7, 11) is 0. The zero-order valence-electron chi connectivity index (χ0n) is 20.2. The van der Waals surface area contributed by atoms with Gasteiger partial charge in [-0.15, -0.1) is 22.7 Å². The summed E-state index contributed by atoms with van der Waals surface area (Å²) in [6.07, 6.45) is 6.62. The van der Waals surface area contributed by atoms with Gasteiger partial charge in [0.15, 0.2) is 0 Å². The van der Waals surface area contributed by atoms with Crippen LogP contribution >= 0.6 is 34.4 Å². The second-order valence-corrected chi connectivity index (χ2v) is 13.0. The Balaban J connectivity index is 1.20. The Hall–Kier alpha value is -2.33. The molecule has 2 aliphatic carbocycles. The van der Waals surface area contributed by atoms with Crippen molar-refractivity contribution in [1.29, 1.82) is 10.5 Å². The molecule has 2 aromatic rings. The molecule has 0 aliphatic heterocycles. The molecule has 0 fully saturated rings. The number of thiophene rings is 2. The summed E-state index contributed by atoms with van der Waals surface area (Å²) >= 11 is 4.65. The second kappa shape index (κ2) is 11.6. The predicted molar refractivity (Wildman–Crippen MR) is 144 cm³/mol. The molecule has 9 heteroatoms. The van der Waals surface area contributed by atoms with E-state index >= 15 is 0 Å². The highest BCUT2D eigenvalue weighted by atomic mass is 32.2. The molecule has 2 amide bonds. The third-order valence-electron chi connectivity index (χ3n) is 6.70. The molecule has 2 aliphatic rings. The average molecular weight is 527 g/mol. The van der Waals surface area contributed by atoms with Crippen LogP contribution in [0.1, 0.15) is 71.5 Å². The summed E-state index contributed by atoms with van der Waals surface area (Å²) in [5.74, 6) is 2.26. The summed E-state index contributed by atoms with van der Waals surface area (Å²) in [5.41, 5.74) is 3.51. The topological polar surface area (TPSA) is 106 Å². The zero-order valence-corrected chi connectivity index (χ0v) is 22.6. The molecule has 0 saturated heterocycles. The van der Waals surface area contributed by atoms with Gasteiger partial charge in [-0.05, 0) is 61.5 Å². The largest absolute Gasteiger partial charge is 0.317 e. The minimum absolute atomic E-state index is 0.0952. The lowest BCUT2D eigenvalue weighted by Crippen LogP contribution is -2.14. The van der Waals surface area contributed by atoms with Crippen molar-refractivity contribution in [2.75, 3.05) is 22.1 Å². The minimum Gasteiger partial charge on any atom is -0.317 e. The van der Waals surface area contributed by atoms with Crippen LogP contribution in [0.25, 0.3) is 0 Å². The molecule has 2 heterocycles. The van der Waals surface area contributed by atoms with Gasteiger partial charge < -0.3 is 10.6 Å². The van der Waals surface area contributed by atoms with Gasteiger partial charge in [-0.1, -0.05) is 13.8 Å². The number of rotatable bonds is 8. The first-order valence-electron chi connectivity index (χ1n) is 12.2. The van der Waals surface area contributed by atoms with E-state index in [4.69, 9.17) is 0 Å². The molecule has 4 rings (SSSR count). The number of hydrogen-bond donors (Lipinski definition) is 2. The molecule has 0 saturated carbocycles. The van der Waals surface area contributed by atoms with Crippen molar-refractivity contribution in [3.05, 3.63) is 32.0 Å². The molecular weight excluding hydrogens is 497 g/mol. The Morgan fingerprint density at radius 2 is 1.29 bits per heavy atom. The zero-order chi connectivity index (χ0) is 24.9. The third kappa shape index (κ3) is 6.09. The van der Waals surface area contributed by atoms with Crippen LogP contribution in [0.2, 0.25) is 0 Å². The summed E-state index contributed by atoms with van der Waals surface area (Å²) < 4.78 is 0. The Kier molecular flexibility index (Phi) is 8.54. The highest BCUT2D eigenvalue weighted by molar-refractivity contribution is 7.99. The lowest BCUT2D eigenvalue weighted by atomic mass is 9.89. The van der Waals surface area contributed by atoms with E-state index in [1.807, 2.05) is 0 Å². The van der Waals surface area contributed by atoms with Crippen molar-refractivity contribution in [3.63, 3.8) is 0 Å². The third-order valence-corrected chi connectivity index (χ3v) is 10.0. The monoisotopic (exact) mass is 526 g/mol. The standard InChI is InChI=1S/C26H30N4O2S3/c1-15-3-5-17-19(13-27)25(34-21(17)11-15)29-23(31)7-9-33-10-8-24(32)30-26-20(14-28)18-6-4-16(2)12-22(18)35-26/h15-16H,3-12H2,1-2H3,(H,29,31)(H,30,32)/t15-,16+. The van der Waals surface area contributed by atoms with Gasteiger partial charge in [-0.25, -0.2) is 0 Å². The number of carbonyl (C=O) groups excluding carboxylic acids is 2. The lowest BCUT2D eigenvalue weighted by Gasteiger charge is -2.17. The second-order valence-electron chi connectivity index (χ2n) is 9.54. The molecular formula is C26H30N4O2S3. The average Bonchev–Trinajstić information content (AvgIpc) is 3.33. The number of thioether (sulfide) groups is 1. The highest BCUT2D eigenvalue weighted by Crippen LogP contribution is 2.40. The molecule has 2 aromatic heterocycles. The number of nitrogens with one attached hydrogen (secondary N) is 2. The number of fused-ring (bicyclic) bond motifs is 2. The van der Waals surface area contributed by atoms with Crippen molar-refractivity contribution >= 4 is 56.3 Å². The SMILES string of the molecule is C[C@@H]1CCc2c(sc(NC(=O)CCSCCC(=O)Nc3sc4c(c3C#N)CC[C@H](C)C4)c2C#N)C1. The van der Waals surface area contributed by atoms with Crippen molar-refractivity contribution in [3.8, 4) is 12.1 Å². The van der Waals surface area contributed by atoms with Gasteiger partial charge in [-0.3, -0.25) is 9.59 Å². The fourth-order valence-electron chi connectivity index (χ4n) is 4.72. The molecule has 0 bridgehead atoms. The Morgan fingerprint density at radius 1 is 0.857 bits per heavy atom. The van der Waals surface area contributed by atoms with Crippen molar-refractivity contribution in [2.24, 2.45) is 11.8 Å². The van der Waals surface area contributed by atoms with Gasteiger partial charge in [0.25, 0.3) is 0 Å². The molecule has 6 nitrogen and oxygen atoms in total. The molecule has 0 unspecified atom stereocenters. The summed E-state index contributed by atoms with van der Waals surface area (Å²) in [5, 5.41) is 26.4. The van der Waals surface area contributed by atoms with Crippen LogP contribution in [-0.4, -0.2) is 23.3 Å². The first kappa shape index (κ1) is 25.8. The molecule has 2 N–H and O–H groups in total. The fraction of sp³-hybridized carbons (Fsp3) is 0.538. The van der Waals surface area contributed by atoms with E-state index in [0.717, 1.165) is 49.7 Å². The first-order chi connectivity index (χ1) is 16.9. The van der Waals surface area contributed by atoms with Crippen LogP contribution in [0.5, 0.6) is 0 Å². The maximum atomic E-state index is 12.5. The Bertz CT molecular complexity index is 1110.